The number of hydrogen-bond donors (Lipinski definition) is 1. The lowest BCUT2D eigenvalue weighted by Gasteiger charge is -2.58. The molecule has 4 heteroatoms. The Balaban J connectivity index is 1.69. The minimum absolute atomic E-state index is 0.0819. The predicted octanol–water partition coefficient (Wildman–Crippen LogP) is 2.03. The zero-order chi connectivity index (χ0) is 12.3. The van der Waals surface area contributed by atoms with Gasteiger partial charge >= 0.3 is 0 Å². The lowest BCUT2D eigenvalue weighted by molar-refractivity contribution is -0.0696. The molecule has 1 atom stereocenters. The Kier molecular flexibility index (Phi) is 2.17. The summed E-state index contributed by atoms with van der Waals surface area (Å²) in [7, 11) is 1.96. The average Bonchev–Trinajstić information content (AvgIpc) is 2.72. The molecule has 4 bridgehead atoms. The molecule has 5 rings (SSSR count). The fourth-order valence-electron chi connectivity index (χ4n) is 5.42. The summed E-state index contributed by atoms with van der Waals surface area (Å²) in [4.78, 5) is 4.40. The molecule has 4 fully saturated rings. The van der Waals surface area contributed by atoms with Crippen molar-refractivity contribution < 1.29 is 0 Å². The third kappa shape index (κ3) is 1.41. The summed E-state index contributed by atoms with van der Waals surface area (Å²) in [6, 6.07) is 0.0819. The van der Waals surface area contributed by atoms with E-state index in [1.807, 2.05) is 11.7 Å². The van der Waals surface area contributed by atoms with Gasteiger partial charge in [-0.3, -0.25) is 4.68 Å². The first-order valence-corrected chi connectivity index (χ1v) is 7.26. The molecule has 4 aliphatic rings. The van der Waals surface area contributed by atoms with E-state index < -0.39 is 0 Å². The van der Waals surface area contributed by atoms with Crippen molar-refractivity contribution in [3.63, 3.8) is 0 Å². The fraction of sp³-hybridized carbons (Fsp3) is 0.857. The van der Waals surface area contributed by atoms with Gasteiger partial charge in [-0.1, -0.05) is 0 Å². The Hall–Kier alpha value is -0.900. The molecule has 0 saturated heterocycles. The maximum absolute atomic E-state index is 6.62. The highest BCUT2D eigenvalue weighted by Gasteiger charge is 2.54. The highest BCUT2D eigenvalue weighted by molar-refractivity contribution is 5.10. The largest absolute Gasteiger partial charge is 0.321 e. The molecule has 18 heavy (non-hydrogen) atoms. The molecule has 0 radical (unpaired) electrons. The van der Waals surface area contributed by atoms with E-state index in [-0.39, 0.29) is 6.04 Å². The topological polar surface area (TPSA) is 56.7 Å². The van der Waals surface area contributed by atoms with E-state index in [4.69, 9.17) is 5.73 Å². The van der Waals surface area contributed by atoms with E-state index in [0.717, 1.165) is 23.6 Å². The molecule has 2 N–H and O–H groups in total. The molecular weight excluding hydrogens is 224 g/mol. The summed E-state index contributed by atoms with van der Waals surface area (Å²) in [5, 5.41) is 4.19. The molecule has 0 amide bonds. The van der Waals surface area contributed by atoms with Gasteiger partial charge in [0, 0.05) is 7.05 Å². The van der Waals surface area contributed by atoms with Crippen LogP contribution in [0, 0.1) is 23.2 Å². The van der Waals surface area contributed by atoms with Gasteiger partial charge in [-0.25, -0.2) is 4.98 Å². The number of hydrogen-bond acceptors (Lipinski definition) is 3. The second kappa shape index (κ2) is 3.56. The van der Waals surface area contributed by atoms with Crippen LogP contribution >= 0.6 is 0 Å². The highest BCUT2D eigenvalue weighted by Crippen LogP contribution is 2.63. The van der Waals surface area contributed by atoms with Gasteiger partial charge in [0.1, 0.15) is 12.2 Å². The maximum Gasteiger partial charge on any atom is 0.144 e. The van der Waals surface area contributed by atoms with Crippen molar-refractivity contribution in [2.45, 2.75) is 44.6 Å². The third-order valence-electron chi connectivity index (χ3n) is 5.77. The Labute approximate surface area is 108 Å². The Morgan fingerprint density at radius 3 is 2.22 bits per heavy atom. The summed E-state index contributed by atoms with van der Waals surface area (Å²) < 4.78 is 1.86. The van der Waals surface area contributed by atoms with E-state index >= 15 is 0 Å². The molecule has 1 aromatic heterocycles. The molecule has 0 aliphatic heterocycles. The van der Waals surface area contributed by atoms with Gasteiger partial charge in [0.25, 0.3) is 0 Å². The van der Waals surface area contributed by atoms with E-state index in [1.165, 1.54) is 38.5 Å². The standard InChI is InChI=1S/C14H22N4/c1-18-13(16-8-17-18)12(15)14-5-9-2-10(6-14)4-11(3-9)7-14/h8-12H,2-7,15H2,1H3. The predicted molar refractivity (Wildman–Crippen MR) is 68.5 cm³/mol. The van der Waals surface area contributed by atoms with Crippen LogP contribution in [-0.4, -0.2) is 14.8 Å². The quantitative estimate of drug-likeness (QED) is 0.868. The van der Waals surface area contributed by atoms with Crippen LogP contribution in [0.2, 0.25) is 0 Å². The number of nitrogens with zero attached hydrogens (tertiary/aromatic N) is 3. The molecule has 4 saturated carbocycles. The zero-order valence-corrected chi connectivity index (χ0v) is 11.0. The van der Waals surface area contributed by atoms with Crippen molar-refractivity contribution >= 4 is 0 Å². The summed E-state index contributed by atoms with van der Waals surface area (Å²) in [5.74, 6) is 3.80. The van der Waals surface area contributed by atoms with Crippen molar-refractivity contribution in [3.05, 3.63) is 12.2 Å². The first-order chi connectivity index (χ1) is 8.66. The normalized spacial score (nSPS) is 43.3. The summed E-state index contributed by atoms with van der Waals surface area (Å²) >= 11 is 0. The molecule has 0 aromatic carbocycles. The zero-order valence-electron chi connectivity index (χ0n) is 11.0. The summed E-state index contributed by atoms with van der Waals surface area (Å²) in [6.45, 7) is 0. The van der Waals surface area contributed by atoms with Crippen molar-refractivity contribution in [1.29, 1.82) is 0 Å². The Morgan fingerprint density at radius 2 is 1.78 bits per heavy atom. The van der Waals surface area contributed by atoms with E-state index in [1.54, 1.807) is 6.33 Å². The highest BCUT2D eigenvalue weighted by atomic mass is 15.3. The smallest absolute Gasteiger partial charge is 0.144 e. The molecule has 0 spiro atoms. The molecular formula is C14H22N4. The third-order valence-corrected chi connectivity index (χ3v) is 5.77. The van der Waals surface area contributed by atoms with E-state index in [9.17, 15) is 0 Å². The van der Waals surface area contributed by atoms with Crippen LogP contribution in [0.25, 0.3) is 0 Å². The van der Waals surface area contributed by atoms with Gasteiger partial charge in [-0.05, 0) is 61.7 Å². The molecule has 4 aliphatic carbocycles. The molecule has 1 unspecified atom stereocenters. The van der Waals surface area contributed by atoms with Crippen LogP contribution in [-0.2, 0) is 7.05 Å². The number of aryl methyl sites for hydroxylation is 1. The van der Waals surface area contributed by atoms with Gasteiger partial charge in [-0.2, -0.15) is 5.10 Å². The van der Waals surface area contributed by atoms with Gasteiger partial charge < -0.3 is 5.73 Å². The second-order valence-electron chi connectivity index (χ2n) is 7.00. The van der Waals surface area contributed by atoms with E-state index in [0.29, 0.717) is 5.41 Å². The van der Waals surface area contributed by atoms with Gasteiger partial charge in [0.15, 0.2) is 0 Å². The SMILES string of the molecule is Cn1ncnc1C(N)C12CC3CC(CC(C3)C1)C2. The minimum atomic E-state index is 0.0819. The first-order valence-electron chi connectivity index (χ1n) is 7.26. The lowest BCUT2D eigenvalue weighted by Crippen LogP contribution is -2.51. The number of nitrogens with two attached hydrogens (primary N) is 1. The second-order valence-corrected chi connectivity index (χ2v) is 7.00. The summed E-state index contributed by atoms with van der Waals surface area (Å²) in [6.07, 6.45) is 10.0. The average molecular weight is 246 g/mol. The van der Waals surface area contributed by atoms with Crippen molar-refractivity contribution in [3.8, 4) is 0 Å². The lowest BCUT2D eigenvalue weighted by atomic mass is 9.47. The van der Waals surface area contributed by atoms with Crippen LogP contribution in [0.5, 0.6) is 0 Å². The molecule has 98 valence electrons. The molecule has 4 nitrogen and oxygen atoms in total. The molecule has 1 aromatic rings. The van der Waals surface area contributed by atoms with Gasteiger partial charge in [0.05, 0.1) is 6.04 Å². The van der Waals surface area contributed by atoms with Crippen LogP contribution in [0.3, 0.4) is 0 Å². The number of rotatable bonds is 2. The van der Waals surface area contributed by atoms with Crippen molar-refractivity contribution in [1.82, 2.24) is 14.8 Å². The Morgan fingerprint density at radius 1 is 1.22 bits per heavy atom. The minimum Gasteiger partial charge on any atom is -0.321 e. The summed E-state index contributed by atoms with van der Waals surface area (Å²) in [5.41, 5.74) is 6.94. The van der Waals surface area contributed by atoms with Crippen LogP contribution in [0.4, 0.5) is 0 Å². The van der Waals surface area contributed by atoms with E-state index in [2.05, 4.69) is 10.1 Å². The van der Waals surface area contributed by atoms with Crippen LogP contribution < -0.4 is 5.73 Å². The van der Waals surface area contributed by atoms with Crippen LogP contribution in [0.15, 0.2) is 6.33 Å². The first kappa shape index (κ1) is 11.0. The molecule has 1 heterocycles. The van der Waals surface area contributed by atoms with Crippen molar-refractivity contribution in [2.75, 3.05) is 0 Å². The van der Waals surface area contributed by atoms with Gasteiger partial charge in [-0.15, -0.1) is 0 Å². The Bertz CT molecular complexity index is 429. The monoisotopic (exact) mass is 246 g/mol. The number of aromatic nitrogens is 3. The fourth-order valence-corrected chi connectivity index (χ4v) is 5.42. The van der Waals surface area contributed by atoms with Gasteiger partial charge in [0.2, 0.25) is 0 Å². The van der Waals surface area contributed by atoms with Crippen molar-refractivity contribution in [2.24, 2.45) is 36.0 Å². The van der Waals surface area contributed by atoms with Crippen LogP contribution in [0.1, 0.15) is 50.4 Å². The maximum atomic E-state index is 6.62.